The lowest BCUT2D eigenvalue weighted by Crippen LogP contribution is -2.18. The van der Waals surface area contributed by atoms with Crippen LogP contribution >= 0.6 is 0 Å². The molecule has 0 atom stereocenters. The van der Waals surface area contributed by atoms with Gasteiger partial charge in [0.05, 0.1) is 11.6 Å². The van der Waals surface area contributed by atoms with Crippen LogP contribution in [0, 0.1) is 18.3 Å². The van der Waals surface area contributed by atoms with Crippen molar-refractivity contribution in [2.45, 2.75) is 45.8 Å². The Morgan fingerprint density at radius 3 is 2.51 bits per heavy atom. The Morgan fingerprint density at radius 1 is 0.878 bits per heavy atom. The zero-order chi connectivity index (χ0) is 28.9. The lowest BCUT2D eigenvalue weighted by Gasteiger charge is -2.16. The number of nitriles is 1. The van der Waals surface area contributed by atoms with E-state index in [4.69, 9.17) is 14.7 Å². The summed E-state index contributed by atoms with van der Waals surface area (Å²) in [6.45, 7) is 3.90. The van der Waals surface area contributed by atoms with Crippen molar-refractivity contribution in [2.24, 2.45) is 0 Å². The third kappa shape index (κ3) is 8.67. The zero-order valence-corrected chi connectivity index (χ0v) is 23.2. The summed E-state index contributed by atoms with van der Waals surface area (Å²) in [5.41, 5.74) is 7.80. The Bertz CT molecular complexity index is 1480. The van der Waals surface area contributed by atoms with E-state index in [-0.39, 0.29) is 5.91 Å². The lowest BCUT2D eigenvalue weighted by atomic mass is 9.97. The minimum atomic E-state index is -0.360. The Balaban J connectivity index is 1.44. The number of rotatable bonds is 14. The quantitative estimate of drug-likeness (QED) is 0.0884. The molecule has 3 N–H and O–H groups in total. The molecule has 0 aliphatic carbocycles. The average Bonchev–Trinajstić information content (AvgIpc) is 3.01. The number of nitrogens with zero attached hydrogens (tertiary/aromatic N) is 1. The van der Waals surface area contributed by atoms with Crippen molar-refractivity contribution < 1.29 is 19.5 Å². The van der Waals surface area contributed by atoms with Gasteiger partial charge in [0.15, 0.2) is 0 Å². The van der Waals surface area contributed by atoms with Gasteiger partial charge in [-0.3, -0.25) is 10.0 Å². The topological polar surface area (TPSA) is 104 Å². The van der Waals surface area contributed by atoms with E-state index in [1.807, 2.05) is 42.5 Å². The molecule has 0 radical (unpaired) electrons. The highest BCUT2D eigenvalue weighted by molar-refractivity contribution is 5.74. The third-order valence-electron chi connectivity index (χ3n) is 6.85. The third-order valence-corrected chi connectivity index (χ3v) is 6.85. The van der Waals surface area contributed by atoms with Crippen LogP contribution in [0.4, 0.5) is 0 Å². The number of amides is 1. The van der Waals surface area contributed by atoms with E-state index >= 15 is 0 Å². The summed E-state index contributed by atoms with van der Waals surface area (Å²) in [6, 6.07) is 31.6. The number of hydroxylamine groups is 1. The van der Waals surface area contributed by atoms with Gasteiger partial charge >= 0.3 is 0 Å². The van der Waals surface area contributed by atoms with E-state index < -0.39 is 0 Å². The molecule has 0 unspecified atom stereocenters. The van der Waals surface area contributed by atoms with E-state index in [0.717, 1.165) is 36.9 Å². The fourth-order valence-corrected chi connectivity index (χ4v) is 4.54. The highest BCUT2D eigenvalue weighted by Crippen LogP contribution is 2.31. The summed E-state index contributed by atoms with van der Waals surface area (Å²) in [5.74, 6) is 1.56. The maximum absolute atomic E-state index is 11.1. The summed E-state index contributed by atoms with van der Waals surface area (Å²) in [6.07, 6.45) is 2.81. The van der Waals surface area contributed by atoms with Gasteiger partial charge in [-0.05, 0) is 72.8 Å². The van der Waals surface area contributed by atoms with E-state index in [1.54, 1.807) is 23.7 Å². The van der Waals surface area contributed by atoms with E-state index in [1.165, 1.54) is 16.7 Å². The molecule has 4 aromatic rings. The van der Waals surface area contributed by atoms with Crippen LogP contribution in [-0.2, 0) is 17.9 Å². The second-order valence-corrected chi connectivity index (χ2v) is 9.78. The number of carbonyl (C=O) groups excluding carboxylic acids is 1. The van der Waals surface area contributed by atoms with Crippen LogP contribution in [0.1, 0.15) is 47.9 Å². The monoisotopic (exact) mass is 549 g/mol. The van der Waals surface area contributed by atoms with Gasteiger partial charge in [0.2, 0.25) is 5.91 Å². The fraction of sp³-hybridized carbons (Fsp3) is 0.235. The highest BCUT2D eigenvalue weighted by atomic mass is 16.5. The van der Waals surface area contributed by atoms with Crippen molar-refractivity contribution in [1.29, 1.82) is 5.26 Å². The molecule has 0 heterocycles. The van der Waals surface area contributed by atoms with Crippen LogP contribution in [0.2, 0.25) is 0 Å². The number of unbranched alkanes of at least 4 members (excludes halogenated alkanes) is 2. The summed E-state index contributed by atoms with van der Waals surface area (Å²) in [5, 5.41) is 21.3. The molecule has 0 fully saturated rings. The molecule has 0 bridgehead atoms. The molecule has 210 valence electrons. The summed E-state index contributed by atoms with van der Waals surface area (Å²) in [4.78, 5) is 11.1. The van der Waals surface area contributed by atoms with Crippen LogP contribution in [0.3, 0.4) is 0 Å². The van der Waals surface area contributed by atoms with Crippen molar-refractivity contribution in [3.8, 4) is 34.4 Å². The lowest BCUT2D eigenvalue weighted by molar-refractivity contribution is -0.129. The number of benzene rings is 4. The van der Waals surface area contributed by atoms with Gasteiger partial charge in [-0.15, -0.1) is 0 Å². The minimum absolute atomic E-state index is 0.313. The number of nitrogens with one attached hydrogen (secondary N) is 2. The molecule has 4 rings (SSSR count). The van der Waals surface area contributed by atoms with Crippen LogP contribution < -0.4 is 20.3 Å². The van der Waals surface area contributed by atoms with Crippen molar-refractivity contribution in [3.05, 3.63) is 113 Å². The molecule has 4 aromatic carbocycles. The van der Waals surface area contributed by atoms with E-state index in [0.29, 0.717) is 42.4 Å². The van der Waals surface area contributed by atoms with Gasteiger partial charge in [-0.2, -0.15) is 5.26 Å². The normalized spacial score (nSPS) is 10.6. The second kappa shape index (κ2) is 15.2. The van der Waals surface area contributed by atoms with Crippen LogP contribution in [0.15, 0.2) is 91.0 Å². The van der Waals surface area contributed by atoms with Gasteiger partial charge in [-0.25, -0.2) is 5.48 Å². The number of ether oxygens (including phenoxy) is 2. The van der Waals surface area contributed by atoms with Crippen molar-refractivity contribution in [1.82, 2.24) is 10.8 Å². The molecule has 0 saturated carbocycles. The Labute approximate surface area is 241 Å². The Morgan fingerprint density at radius 2 is 1.71 bits per heavy atom. The highest BCUT2D eigenvalue weighted by Gasteiger charge is 2.11. The van der Waals surface area contributed by atoms with Gasteiger partial charge in [0.1, 0.15) is 23.9 Å². The maximum Gasteiger partial charge on any atom is 0.243 e. The summed E-state index contributed by atoms with van der Waals surface area (Å²) < 4.78 is 12.5. The van der Waals surface area contributed by atoms with Gasteiger partial charge in [0.25, 0.3) is 0 Å². The molecule has 0 spiro atoms. The van der Waals surface area contributed by atoms with Crippen LogP contribution in [-0.4, -0.2) is 17.7 Å². The molecule has 41 heavy (non-hydrogen) atoms. The van der Waals surface area contributed by atoms with E-state index in [2.05, 4.69) is 48.6 Å². The van der Waals surface area contributed by atoms with Crippen molar-refractivity contribution >= 4 is 5.91 Å². The second-order valence-electron chi connectivity index (χ2n) is 9.78. The molecule has 7 nitrogen and oxygen atoms in total. The number of hydrogen-bond acceptors (Lipinski definition) is 6. The molecule has 0 aromatic heterocycles. The molecule has 0 saturated heterocycles. The molecular weight excluding hydrogens is 514 g/mol. The van der Waals surface area contributed by atoms with Crippen molar-refractivity contribution in [3.63, 3.8) is 0 Å². The first-order chi connectivity index (χ1) is 20.1. The minimum Gasteiger partial charge on any atom is -0.489 e. The first kappa shape index (κ1) is 29.3. The molecule has 0 aliphatic rings. The van der Waals surface area contributed by atoms with Crippen LogP contribution in [0.5, 0.6) is 17.2 Å². The predicted molar refractivity (Wildman–Crippen MR) is 159 cm³/mol. The molecule has 0 aliphatic heterocycles. The van der Waals surface area contributed by atoms with Crippen LogP contribution in [0.25, 0.3) is 11.1 Å². The number of hydrogen-bond donors (Lipinski definition) is 3. The standard InChI is InChI=1S/C34H35N3O4/c1-25-29(13-9-15-32(25)27-11-4-2-5-12-27)24-40-30-18-17-28(23-36-19-7-3-6-16-34(38)37-39)33(21-30)41-31-14-8-10-26(20-31)22-35/h2,4-5,8-15,17-18,20-21,36,39H,3,6-7,16,19,23-24H2,1H3,(H,37,38). The van der Waals surface area contributed by atoms with E-state index in [9.17, 15) is 10.1 Å². The fourth-order valence-electron chi connectivity index (χ4n) is 4.54. The number of carbonyl (C=O) groups is 1. The SMILES string of the molecule is Cc1c(COc2ccc(CNCCCCCC(=O)NO)c(Oc3cccc(C#N)c3)c2)cccc1-c1ccccc1. The largest absolute Gasteiger partial charge is 0.489 e. The summed E-state index contributed by atoms with van der Waals surface area (Å²) >= 11 is 0. The molecule has 7 heteroatoms. The Hall–Kier alpha value is -4.64. The van der Waals surface area contributed by atoms with Gasteiger partial charge in [-0.1, -0.05) is 67.1 Å². The predicted octanol–water partition coefficient (Wildman–Crippen LogP) is 7.06. The van der Waals surface area contributed by atoms with Crippen molar-refractivity contribution in [2.75, 3.05) is 6.54 Å². The Kier molecular flexibility index (Phi) is 10.9. The first-order valence-corrected chi connectivity index (χ1v) is 13.8. The molecular formula is C34H35N3O4. The smallest absolute Gasteiger partial charge is 0.243 e. The zero-order valence-electron chi connectivity index (χ0n) is 23.2. The first-order valence-electron chi connectivity index (χ1n) is 13.8. The van der Waals surface area contributed by atoms with Gasteiger partial charge < -0.3 is 14.8 Å². The summed E-state index contributed by atoms with van der Waals surface area (Å²) in [7, 11) is 0. The maximum atomic E-state index is 11.1. The van der Waals surface area contributed by atoms with Gasteiger partial charge in [0, 0.05) is 24.6 Å². The average molecular weight is 550 g/mol. The molecule has 1 amide bonds.